The second-order valence-electron chi connectivity index (χ2n) is 6.13. The quantitative estimate of drug-likeness (QED) is 0.830. The van der Waals surface area contributed by atoms with Crippen LogP contribution in [0.3, 0.4) is 0 Å². The normalized spacial score (nSPS) is 37.6. The molecule has 2 heterocycles. The van der Waals surface area contributed by atoms with Gasteiger partial charge in [-0.05, 0) is 33.1 Å². The summed E-state index contributed by atoms with van der Waals surface area (Å²) in [4.78, 5) is 14.7. The highest BCUT2D eigenvalue weighted by molar-refractivity contribution is 5.83. The molecule has 0 spiro atoms. The van der Waals surface area contributed by atoms with Gasteiger partial charge in [0, 0.05) is 19.2 Å². The van der Waals surface area contributed by atoms with Gasteiger partial charge in [0.2, 0.25) is 5.91 Å². The Morgan fingerprint density at radius 3 is 2.78 bits per heavy atom. The van der Waals surface area contributed by atoms with Crippen LogP contribution in [-0.4, -0.2) is 47.7 Å². The second-order valence-corrected chi connectivity index (χ2v) is 6.13. The van der Waals surface area contributed by atoms with Crippen LogP contribution in [0.25, 0.3) is 0 Å². The second kappa shape index (κ2) is 5.17. The molecule has 1 amide bonds. The zero-order valence-corrected chi connectivity index (χ0v) is 12.0. The third kappa shape index (κ3) is 2.41. The molecule has 2 rings (SSSR count). The molecule has 0 saturated carbocycles. The summed E-state index contributed by atoms with van der Waals surface area (Å²) in [5.74, 6) is 0.259. The average molecular weight is 254 g/mol. The van der Waals surface area contributed by atoms with E-state index in [1.54, 1.807) is 0 Å². The van der Waals surface area contributed by atoms with E-state index in [0.29, 0.717) is 6.04 Å². The van der Waals surface area contributed by atoms with E-state index in [0.717, 1.165) is 32.4 Å². The van der Waals surface area contributed by atoms with Crippen LogP contribution >= 0.6 is 0 Å². The maximum Gasteiger partial charge on any atom is 0.240 e. The molecular formula is C14H26N2O2. The summed E-state index contributed by atoms with van der Waals surface area (Å²) in [6, 6.07) is 0.340. The molecule has 2 saturated heterocycles. The van der Waals surface area contributed by atoms with Crippen LogP contribution in [0, 0.1) is 0 Å². The van der Waals surface area contributed by atoms with Crippen LogP contribution in [0.2, 0.25) is 0 Å². The van der Waals surface area contributed by atoms with Crippen LogP contribution in [0.15, 0.2) is 0 Å². The number of nitrogens with zero attached hydrogens (tertiary/aromatic N) is 1. The highest BCUT2D eigenvalue weighted by Gasteiger charge is 2.46. The Kier molecular flexibility index (Phi) is 3.97. The van der Waals surface area contributed by atoms with Gasteiger partial charge in [-0.3, -0.25) is 4.79 Å². The monoisotopic (exact) mass is 254 g/mol. The first kappa shape index (κ1) is 13.8. The maximum atomic E-state index is 12.6. The molecule has 104 valence electrons. The molecular weight excluding hydrogens is 228 g/mol. The fraction of sp³-hybridized carbons (Fsp3) is 0.929. The van der Waals surface area contributed by atoms with Gasteiger partial charge in [0.1, 0.15) is 0 Å². The number of carbonyl (C=O) groups excluding carboxylic acids is 1. The molecule has 3 unspecified atom stereocenters. The summed E-state index contributed by atoms with van der Waals surface area (Å²) >= 11 is 0. The summed E-state index contributed by atoms with van der Waals surface area (Å²) in [7, 11) is 0. The summed E-state index contributed by atoms with van der Waals surface area (Å²) in [5.41, 5.74) is -0.117. The van der Waals surface area contributed by atoms with E-state index < -0.39 is 0 Å². The van der Waals surface area contributed by atoms with Crippen molar-refractivity contribution in [3.63, 3.8) is 0 Å². The number of likely N-dealkylation sites (tertiary alicyclic amines) is 1. The average Bonchev–Trinajstić information content (AvgIpc) is 2.62. The van der Waals surface area contributed by atoms with E-state index in [4.69, 9.17) is 4.74 Å². The van der Waals surface area contributed by atoms with Crippen molar-refractivity contribution < 1.29 is 9.53 Å². The minimum absolute atomic E-state index is 0.0108. The number of rotatable bonds is 3. The summed E-state index contributed by atoms with van der Waals surface area (Å²) in [5, 5.41) is 3.38. The molecule has 2 fully saturated rings. The standard InChI is InChI=1S/C14H26N2O2/c1-10(2)15-12-6-5-8-16(13(12)17)14(4)7-9-18-11(14)3/h10-12,15H,5-9H2,1-4H3. The van der Waals surface area contributed by atoms with Crippen LogP contribution in [0.4, 0.5) is 0 Å². The minimum atomic E-state index is -0.117. The van der Waals surface area contributed by atoms with Gasteiger partial charge in [-0.25, -0.2) is 0 Å². The zero-order chi connectivity index (χ0) is 13.3. The molecule has 2 aliphatic heterocycles. The first-order chi connectivity index (χ1) is 8.45. The molecule has 18 heavy (non-hydrogen) atoms. The maximum absolute atomic E-state index is 12.6. The fourth-order valence-corrected chi connectivity index (χ4v) is 3.12. The molecule has 4 heteroatoms. The van der Waals surface area contributed by atoms with Gasteiger partial charge in [-0.15, -0.1) is 0 Å². The lowest BCUT2D eigenvalue weighted by molar-refractivity contribution is -0.145. The Morgan fingerprint density at radius 1 is 1.50 bits per heavy atom. The van der Waals surface area contributed by atoms with Gasteiger partial charge < -0.3 is 15.0 Å². The molecule has 0 bridgehead atoms. The molecule has 0 radical (unpaired) electrons. The third-order valence-corrected chi connectivity index (χ3v) is 4.44. The number of piperidine rings is 1. The smallest absolute Gasteiger partial charge is 0.240 e. The SMILES string of the molecule is CC(C)NC1CCCN(C2(C)CCOC2C)C1=O. The Balaban J connectivity index is 2.11. The van der Waals surface area contributed by atoms with Crippen LogP contribution in [0.5, 0.6) is 0 Å². The van der Waals surface area contributed by atoms with Gasteiger partial charge in [-0.2, -0.15) is 0 Å². The van der Waals surface area contributed by atoms with Gasteiger partial charge in [0.15, 0.2) is 0 Å². The minimum Gasteiger partial charge on any atom is -0.376 e. The molecule has 1 N–H and O–H groups in total. The van der Waals surface area contributed by atoms with Gasteiger partial charge in [0.25, 0.3) is 0 Å². The first-order valence-corrected chi connectivity index (χ1v) is 7.14. The first-order valence-electron chi connectivity index (χ1n) is 7.14. The molecule has 0 aromatic heterocycles. The number of hydrogen-bond donors (Lipinski definition) is 1. The highest BCUT2D eigenvalue weighted by Crippen LogP contribution is 2.34. The van der Waals surface area contributed by atoms with Gasteiger partial charge in [0.05, 0.1) is 17.7 Å². The predicted octanol–water partition coefficient (Wildman–Crippen LogP) is 1.54. The van der Waals surface area contributed by atoms with Gasteiger partial charge in [-0.1, -0.05) is 13.8 Å². The molecule has 0 aromatic rings. The van der Waals surface area contributed by atoms with Crippen LogP contribution < -0.4 is 5.32 Å². The number of ether oxygens (including phenoxy) is 1. The van der Waals surface area contributed by atoms with Crippen molar-refractivity contribution in [1.82, 2.24) is 10.2 Å². The van der Waals surface area contributed by atoms with Crippen molar-refractivity contribution in [3.8, 4) is 0 Å². The summed E-state index contributed by atoms with van der Waals surface area (Å²) in [6.07, 6.45) is 3.13. The predicted molar refractivity (Wildman–Crippen MR) is 71.4 cm³/mol. The number of nitrogens with one attached hydrogen (secondary N) is 1. The summed E-state index contributed by atoms with van der Waals surface area (Å²) in [6.45, 7) is 10.1. The van der Waals surface area contributed by atoms with E-state index >= 15 is 0 Å². The van der Waals surface area contributed by atoms with Gasteiger partial charge >= 0.3 is 0 Å². The zero-order valence-electron chi connectivity index (χ0n) is 12.0. The Hall–Kier alpha value is -0.610. The van der Waals surface area contributed by atoms with Crippen LogP contribution in [0.1, 0.15) is 47.0 Å². The van der Waals surface area contributed by atoms with Crippen molar-refractivity contribution in [3.05, 3.63) is 0 Å². The molecule has 4 nitrogen and oxygen atoms in total. The van der Waals surface area contributed by atoms with E-state index in [-0.39, 0.29) is 23.6 Å². The van der Waals surface area contributed by atoms with E-state index in [1.165, 1.54) is 0 Å². The Morgan fingerprint density at radius 2 is 2.22 bits per heavy atom. The lowest BCUT2D eigenvalue weighted by Crippen LogP contribution is -2.61. The largest absolute Gasteiger partial charge is 0.376 e. The lowest BCUT2D eigenvalue weighted by atomic mass is 9.88. The number of hydrogen-bond acceptors (Lipinski definition) is 3. The Bertz CT molecular complexity index is 319. The number of amides is 1. The van der Waals surface area contributed by atoms with E-state index in [1.807, 2.05) is 0 Å². The van der Waals surface area contributed by atoms with Crippen molar-refractivity contribution in [2.24, 2.45) is 0 Å². The lowest BCUT2D eigenvalue weighted by Gasteiger charge is -2.45. The van der Waals surface area contributed by atoms with Crippen molar-refractivity contribution in [2.45, 2.75) is 70.7 Å². The fourth-order valence-electron chi connectivity index (χ4n) is 3.12. The molecule has 3 atom stereocenters. The third-order valence-electron chi connectivity index (χ3n) is 4.44. The summed E-state index contributed by atoms with van der Waals surface area (Å²) < 4.78 is 5.67. The molecule has 0 aliphatic carbocycles. The van der Waals surface area contributed by atoms with E-state index in [2.05, 4.69) is 37.9 Å². The topological polar surface area (TPSA) is 41.6 Å². The molecule has 0 aromatic carbocycles. The van der Waals surface area contributed by atoms with Crippen molar-refractivity contribution in [1.29, 1.82) is 0 Å². The number of carbonyl (C=O) groups is 1. The van der Waals surface area contributed by atoms with Crippen molar-refractivity contribution in [2.75, 3.05) is 13.2 Å². The van der Waals surface area contributed by atoms with Crippen molar-refractivity contribution >= 4 is 5.91 Å². The van der Waals surface area contributed by atoms with E-state index in [9.17, 15) is 4.79 Å². The van der Waals surface area contributed by atoms with Crippen LogP contribution in [-0.2, 0) is 9.53 Å². The highest BCUT2D eigenvalue weighted by atomic mass is 16.5. The molecule has 2 aliphatic rings. The Labute approximate surface area is 110 Å².